The summed E-state index contributed by atoms with van der Waals surface area (Å²) in [7, 11) is 0. The first-order valence-electron chi connectivity index (χ1n) is 7.70. The van der Waals surface area contributed by atoms with Gasteiger partial charge in [-0.2, -0.15) is 0 Å². The predicted octanol–water partition coefficient (Wildman–Crippen LogP) is 3.59. The fourth-order valence-corrected chi connectivity index (χ4v) is 2.80. The highest BCUT2D eigenvalue weighted by Gasteiger charge is 2.17. The summed E-state index contributed by atoms with van der Waals surface area (Å²) in [6.07, 6.45) is 1.35. The molecule has 25 heavy (non-hydrogen) atoms. The molecule has 4 aromatic rings. The lowest BCUT2D eigenvalue weighted by Gasteiger charge is -2.06. The third kappa shape index (κ3) is 2.46. The fourth-order valence-electron chi connectivity index (χ4n) is 2.80. The Balaban J connectivity index is 1.93. The van der Waals surface area contributed by atoms with E-state index in [2.05, 4.69) is 4.98 Å². The van der Waals surface area contributed by atoms with Crippen molar-refractivity contribution >= 4 is 27.9 Å². The molecule has 5 heteroatoms. The first-order chi connectivity index (χ1) is 12.0. The largest absolute Gasteiger partial charge is 0.507 e. The number of hydrogen-bond acceptors (Lipinski definition) is 5. The van der Waals surface area contributed by atoms with Crippen LogP contribution < -0.4 is 5.43 Å². The van der Waals surface area contributed by atoms with E-state index in [0.29, 0.717) is 11.0 Å². The van der Waals surface area contributed by atoms with Gasteiger partial charge in [-0.15, -0.1) is 0 Å². The van der Waals surface area contributed by atoms with Crippen molar-refractivity contribution in [2.24, 2.45) is 0 Å². The van der Waals surface area contributed by atoms with Crippen LogP contribution in [0.1, 0.15) is 21.5 Å². The Bertz CT molecular complexity index is 1210. The lowest BCUT2D eigenvalue weighted by Crippen LogP contribution is -2.07. The average Bonchev–Trinajstić information content (AvgIpc) is 2.63. The number of nitrogens with zero attached hydrogens (tertiary/aromatic N) is 1. The van der Waals surface area contributed by atoms with Crippen LogP contribution in [-0.2, 0) is 0 Å². The molecular formula is C20H13NO4. The molecular weight excluding hydrogens is 318 g/mol. The second-order valence-corrected chi connectivity index (χ2v) is 5.85. The number of pyridine rings is 1. The molecule has 4 rings (SSSR count). The highest BCUT2D eigenvalue weighted by atomic mass is 16.3. The molecule has 0 bridgehead atoms. The molecule has 0 fully saturated rings. The van der Waals surface area contributed by atoms with Crippen molar-refractivity contribution in [1.82, 2.24) is 4.98 Å². The molecule has 122 valence electrons. The number of phenols is 1. The zero-order valence-corrected chi connectivity index (χ0v) is 13.3. The van der Waals surface area contributed by atoms with Crippen LogP contribution in [0.5, 0.6) is 5.75 Å². The van der Waals surface area contributed by atoms with Gasteiger partial charge in [0.05, 0.1) is 16.3 Å². The third-order valence-electron chi connectivity index (χ3n) is 4.09. The number of aromatic hydroxyl groups is 1. The molecule has 0 spiro atoms. The Morgan fingerprint density at radius 1 is 1.08 bits per heavy atom. The van der Waals surface area contributed by atoms with E-state index in [1.165, 1.54) is 18.3 Å². The smallest absolute Gasteiger partial charge is 0.230 e. The normalized spacial score (nSPS) is 11.1. The van der Waals surface area contributed by atoms with Crippen molar-refractivity contribution in [2.45, 2.75) is 6.92 Å². The first kappa shape index (κ1) is 15.1. The van der Waals surface area contributed by atoms with E-state index in [-0.39, 0.29) is 33.4 Å². The Hall–Kier alpha value is -3.47. The maximum atomic E-state index is 12.7. The lowest BCUT2D eigenvalue weighted by atomic mass is 10.0. The molecule has 2 aromatic heterocycles. The van der Waals surface area contributed by atoms with Crippen molar-refractivity contribution < 1.29 is 14.3 Å². The summed E-state index contributed by atoms with van der Waals surface area (Å²) >= 11 is 0. The van der Waals surface area contributed by atoms with Crippen molar-refractivity contribution in [3.05, 3.63) is 81.6 Å². The summed E-state index contributed by atoms with van der Waals surface area (Å²) in [5.41, 5.74) is 1.62. The van der Waals surface area contributed by atoms with E-state index in [4.69, 9.17) is 4.42 Å². The summed E-state index contributed by atoms with van der Waals surface area (Å²) in [5, 5.41) is 10.6. The van der Waals surface area contributed by atoms with Crippen LogP contribution >= 0.6 is 0 Å². The Morgan fingerprint density at radius 3 is 2.72 bits per heavy atom. The van der Waals surface area contributed by atoms with Gasteiger partial charge in [-0.3, -0.25) is 9.59 Å². The maximum absolute atomic E-state index is 12.7. The van der Waals surface area contributed by atoms with Gasteiger partial charge in [0.15, 0.2) is 5.78 Å². The third-order valence-corrected chi connectivity index (χ3v) is 4.09. The monoisotopic (exact) mass is 331 g/mol. The van der Waals surface area contributed by atoms with Crippen LogP contribution in [0.2, 0.25) is 0 Å². The molecule has 0 amide bonds. The Kier molecular flexibility index (Phi) is 3.35. The molecule has 2 aromatic carbocycles. The number of benzene rings is 2. The number of para-hydroxylation sites is 1. The standard InChI is InChI=1S/C20H13NO4/c1-11-6-7-16(22)14(8-11)18(23)12-9-15-19(24)13-4-2-3-5-17(13)25-20(15)21-10-12/h2-10,22H,1H3. The van der Waals surface area contributed by atoms with Crippen LogP contribution in [0.15, 0.2) is 63.9 Å². The van der Waals surface area contributed by atoms with Crippen molar-refractivity contribution in [3.63, 3.8) is 0 Å². The Labute approximate surface area is 142 Å². The van der Waals surface area contributed by atoms with E-state index in [1.807, 2.05) is 6.92 Å². The minimum absolute atomic E-state index is 0.110. The van der Waals surface area contributed by atoms with Gasteiger partial charge in [0.25, 0.3) is 0 Å². The van der Waals surface area contributed by atoms with Gasteiger partial charge in [-0.25, -0.2) is 4.98 Å². The molecule has 0 aliphatic carbocycles. The average molecular weight is 331 g/mol. The van der Waals surface area contributed by atoms with Gasteiger partial charge in [0.1, 0.15) is 11.3 Å². The number of aromatic nitrogens is 1. The van der Waals surface area contributed by atoms with Crippen LogP contribution in [0.3, 0.4) is 0 Å². The van der Waals surface area contributed by atoms with Crippen molar-refractivity contribution in [2.75, 3.05) is 0 Å². The minimum Gasteiger partial charge on any atom is -0.507 e. The number of hydrogen-bond donors (Lipinski definition) is 1. The lowest BCUT2D eigenvalue weighted by molar-refractivity contribution is 0.103. The number of phenolic OH excluding ortho intramolecular Hbond substituents is 1. The molecule has 0 unspecified atom stereocenters. The number of aryl methyl sites for hydroxylation is 1. The summed E-state index contributed by atoms with van der Waals surface area (Å²) in [4.78, 5) is 29.5. The highest BCUT2D eigenvalue weighted by molar-refractivity contribution is 6.11. The number of fused-ring (bicyclic) bond motifs is 2. The molecule has 1 N–H and O–H groups in total. The molecule has 0 radical (unpaired) electrons. The highest BCUT2D eigenvalue weighted by Crippen LogP contribution is 2.23. The summed E-state index contributed by atoms with van der Waals surface area (Å²) in [6, 6.07) is 13.1. The molecule has 0 aliphatic rings. The Morgan fingerprint density at radius 2 is 1.88 bits per heavy atom. The molecule has 0 aliphatic heterocycles. The number of ketones is 1. The van der Waals surface area contributed by atoms with E-state index >= 15 is 0 Å². The van der Waals surface area contributed by atoms with E-state index in [0.717, 1.165) is 5.56 Å². The summed E-state index contributed by atoms with van der Waals surface area (Å²) < 4.78 is 5.64. The van der Waals surface area contributed by atoms with Crippen molar-refractivity contribution in [3.8, 4) is 5.75 Å². The van der Waals surface area contributed by atoms with Gasteiger partial charge in [0, 0.05) is 11.8 Å². The first-order valence-corrected chi connectivity index (χ1v) is 7.70. The van der Waals surface area contributed by atoms with E-state index < -0.39 is 5.78 Å². The molecule has 0 saturated heterocycles. The van der Waals surface area contributed by atoms with Crippen molar-refractivity contribution in [1.29, 1.82) is 0 Å². The predicted molar refractivity (Wildman–Crippen MR) is 94.1 cm³/mol. The number of carbonyl (C=O) groups excluding carboxylic acids is 1. The molecule has 2 heterocycles. The fraction of sp³-hybridized carbons (Fsp3) is 0.0500. The zero-order valence-electron chi connectivity index (χ0n) is 13.3. The molecule has 0 saturated carbocycles. The zero-order chi connectivity index (χ0) is 17.6. The summed E-state index contributed by atoms with van der Waals surface area (Å²) in [6.45, 7) is 1.83. The number of carbonyl (C=O) groups is 1. The SMILES string of the molecule is Cc1ccc(O)c(C(=O)c2cnc3oc4ccccc4c(=O)c3c2)c1. The second-order valence-electron chi connectivity index (χ2n) is 5.85. The second kappa shape index (κ2) is 5.56. The molecule has 5 nitrogen and oxygen atoms in total. The summed E-state index contributed by atoms with van der Waals surface area (Å²) in [5.74, 6) is -0.510. The minimum atomic E-state index is -0.400. The van der Waals surface area contributed by atoms with Crippen LogP contribution in [0, 0.1) is 6.92 Å². The quantitative estimate of drug-likeness (QED) is 0.448. The van der Waals surface area contributed by atoms with Gasteiger partial charge >= 0.3 is 0 Å². The van der Waals surface area contributed by atoms with Crippen LogP contribution in [0.25, 0.3) is 22.1 Å². The van der Waals surface area contributed by atoms with Crippen LogP contribution in [-0.4, -0.2) is 15.9 Å². The van der Waals surface area contributed by atoms with Gasteiger partial charge in [-0.1, -0.05) is 23.8 Å². The number of rotatable bonds is 2. The topological polar surface area (TPSA) is 80.4 Å². The van der Waals surface area contributed by atoms with E-state index in [9.17, 15) is 14.7 Å². The van der Waals surface area contributed by atoms with Gasteiger partial charge in [-0.05, 0) is 37.3 Å². The maximum Gasteiger partial charge on any atom is 0.230 e. The molecule has 0 atom stereocenters. The van der Waals surface area contributed by atoms with Crippen LogP contribution in [0.4, 0.5) is 0 Å². The van der Waals surface area contributed by atoms with Gasteiger partial charge < -0.3 is 9.52 Å². The van der Waals surface area contributed by atoms with Gasteiger partial charge in [0.2, 0.25) is 11.1 Å². The van der Waals surface area contributed by atoms with E-state index in [1.54, 1.807) is 36.4 Å².